The number of hydrogen-bond donors (Lipinski definition) is 1. The average molecular weight is 297 g/mol. The molecule has 116 valence electrons. The Morgan fingerprint density at radius 2 is 1.55 bits per heavy atom. The third-order valence-corrected chi connectivity index (χ3v) is 3.13. The fourth-order valence-corrected chi connectivity index (χ4v) is 2.16. The predicted molar refractivity (Wildman–Crippen MR) is 88.3 cm³/mol. The Hall–Kier alpha value is -2.13. The maximum Gasteiger partial charge on any atom is 0.328 e. The minimum atomic E-state index is -0.501. The Bertz CT molecular complexity index is 588. The first-order chi connectivity index (χ1) is 10.5. The first-order valence-electron chi connectivity index (χ1n) is 7.51. The molecule has 2 rings (SSSR count). The molecule has 0 aliphatic heterocycles. The van der Waals surface area contributed by atoms with Crippen LogP contribution in [0.5, 0.6) is 0 Å². The number of esters is 1. The number of benzene rings is 2. The molecule has 0 aliphatic carbocycles. The zero-order valence-corrected chi connectivity index (χ0v) is 13.4. The monoisotopic (exact) mass is 297 g/mol. The molecule has 0 radical (unpaired) electrons. The summed E-state index contributed by atoms with van der Waals surface area (Å²) >= 11 is 0. The second-order valence-electron chi connectivity index (χ2n) is 6.24. The molecule has 2 aromatic carbocycles. The predicted octanol–water partition coefficient (Wildman–Crippen LogP) is 3.86. The van der Waals surface area contributed by atoms with E-state index in [0.29, 0.717) is 6.54 Å². The highest BCUT2D eigenvalue weighted by Crippen LogP contribution is 2.19. The lowest BCUT2D eigenvalue weighted by molar-refractivity contribution is -0.157. The summed E-state index contributed by atoms with van der Waals surface area (Å²) in [6.07, 6.45) is 0. The topological polar surface area (TPSA) is 38.3 Å². The van der Waals surface area contributed by atoms with Crippen molar-refractivity contribution in [2.75, 3.05) is 0 Å². The lowest BCUT2D eigenvalue weighted by Gasteiger charge is -2.25. The second kappa shape index (κ2) is 7.23. The molecule has 0 spiro atoms. The van der Waals surface area contributed by atoms with Gasteiger partial charge in [0.05, 0.1) is 0 Å². The number of carbonyl (C=O) groups excluding carboxylic acids is 1. The van der Waals surface area contributed by atoms with Gasteiger partial charge in [0.1, 0.15) is 11.6 Å². The number of hydrogen-bond acceptors (Lipinski definition) is 3. The van der Waals surface area contributed by atoms with Crippen LogP contribution in [0.25, 0.3) is 0 Å². The molecule has 3 nitrogen and oxygen atoms in total. The van der Waals surface area contributed by atoms with Gasteiger partial charge in [-0.15, -0.1) is 0 Å². The van der Waals surface area contributed by atoms with Gasteiger partial charge >= 0.3 is 5.97 Å². The third-order valence-electron chi connectivity index (χ3n) is 3.13. The van der Waals surface area contributed by atoms with E-state index < -0.39 is 11.6 Å². The van der Waals surface area contributed by atoms with E-state index in [1.54, 1.807) is 0 Å². The largest absolute Gasteiger partial charge is 0.459 e. The number of nitrogens with one attached hydrogen (secondary N) is 1. The van der Waals surface area contributed by atoms with Crippen LogP contribution in [0, 0.1) is 0 Å². The van der Waals surface area contributed by atoms with Crippen molar-refractivity contribution >= 4 is 5.97 Å². The standard InChI is InChI=1S/C19H23NO2/c1-19(2,3)22-18(21)17(16-12-8-5-9-13-16)20-14-15-10-6-4-7-11-15/h4-13,17,20H,14H2,1-3H3. The summed E-state index contributed by atoms with van der Waals surface area (Å²) in [5.74, 6) is -0.255. The molecule has 1 unspecified atom stereocenters. The van der Waals surface area contributed by atoms with Gasteiger partial charge in [0.2, 0.25) is 0 Å². The van der Waals surface area contributed by atoms with Crippen molar-refractivity contribution in [3.8, 4) is 0 Å². The van der Waals surface area contributed by atoms with Gasteiger partial charge in [-0.2, -0.15) is 0 Å². The van der Waals surface area contributed by atoms with E-state index in [2.05, 4.69) is 5.32 Å². The van der Waals surface area contributed by atoms with Crippen molar-refractivity contribution in [3.63, 3.8) is 0 Å². The van der Waals surface area contributed by atoms with Crippen molar-refractivity contribution in [2.45, 2.75) is 39.0 Å². The second-order valence-corrected chi connectivity index (χ2v) is 6.24. The van der Waals surface area contributed by atoms with Crippen molar-refractivity contribution < 1.29 is 9.53 Å². The first kappa shape index (κ1) is 16.2. The van der Waals surface area contributed by atoms with E-state index >= 15 is 0 Å². The van der Waals surface area contributed by atoms with E-state index in [1.807, 2.05) is 81.4 Å². The fraction of sp³-hybridized carbons (Fsp3) is 0.316. The van der Waals surface area contributed by atoms with Crippen molar-refractivity contribution in [3.05, 3.63) is 71.8 Å². The Labute approximate surface area is 132 Å². The SMILES string of the molecule is CC(C)(C)OC(=O)C(NCc1ccccc1)c1ccccc1. The zero-order chi connectivity index (χ0) is 16.0. The van der Waals surface area contributed by atoms with Gasteiger partial charge < -0.3 is 4.74 Å². The van der Waals surface area contributed by atoms with Gasteiger partial charge in [-0.1, -0.05) is 60.7 Å². The Morgan fingerprint density at radius 3 is 2.09 bits per heavy atom. The maximum absolute atomic E-state index is 12.5. The summed E-state index contributed by atoms with van der Waals surface area (Å²) in [7, 11) is 0. The molecule has 0 fully saturated rings. The molecule has 1 atom stereocenters. The summed E-state index contributed by atoms with van der Waals surface area (Å²) in [6, 6.07) is 19.2. The van der Waals surface area contributed by atoms with Crippen LogP contribution in [0.15, 0.2) is 60.7 Å². The van der Waals surface area contributed by atoms with Crippen LogP contribution in [0.3, 0.4) is 0 Å². The van der Waals surface area contributed by atoms with E-state index in [9.17, 15) is 4.79 Å². The molecule has 0 heterocycles. The fourth-order valence-electron chi connectivity index (χ4n) is 2.16. The Balaban J connectivity index is 2.13. The molecule has 0 saturated carbocycles. The van der Waals surface area contributed by atoms with E-state index in [-0.39, 0.29) is 5.97 Å². The van der Waals surface area contributed by atoms with Gasteiger partial charge in [0.25, 0.3) is 0 Å². The highest BCUT2D eigenvalue weighted by Gasteiger charge is 2.26. The molecule has 0 aliphatic rings. The van der Waals surface area contributed by atoms with Crippen LogP contribution in [0.4, 0.5) is 0 Å². The van der Waals surface area contributed by atoms with Crippen LogP contribution >= 0.6 is 0 Å². The molecule has 0 bridgehead atoms. The lowest BCUT2D eigenvalue weighted by Crippen LogP contribution is -2.34. The first-order valence-corrected chi connectivity index (χ1v) is 7.51. The smallest absolute Gasteiger partial charge is 0.328 e. The number of carbonyl (C=O) groups is 1. The normalized spacial score (nSPS) is 12.7. The minimum absolute atomic E-state index is 0.255. The Morgan fingerprint density at radius 1 is 1.00 bits per heavy atom. The molecule has 22 heavy (non-hydrogen) atoms. The quantitative estimate of drug-likeness (QED) is 0.852. The summed E-state index contributed by atoms with van der Waals surface area (Å²) in [5, 5.41) is 3.30. The highest BCUT2D eigenvalue weighted by molar-refractivity contribution is 5.78. The van der Waals surface area contributed by atoms with Crippen molar-refractivity contribution in [1.29, 1.82) is 0 Å². The van der Waals surface area contributed by atoms with Gasteiger partial charge in [0, 0.05) is 6.54 Å². The van der Waals surface area contributed by atoms with Gasteiger partial charge in [-0.05, 0) is 31.9 Å². The van der Waals surface area contributed by atoms with Crippen LogP contribution in [-0.2, 0) is 16.1 Å². The molecule has 0 amide bonds. The van der Waals surface area contributed by atoms with Crippen LogP contribution in [0.2, 0.25) is 0 Å². The zero-order valence-electron chi connectivity index (χ0n) is 13.4. The van der Waals surface area contributed by atoms with Crippen molar-refractivity contribution in [1.82, 2.24) is 5.32 Å². The van der Waals surface area contributed by atoms with Crippen LogP contribution < -0.4 is 5.32 Å². The highest BCUT2D eigenvalue weighted by atomic mass is 16.6. The van der Waals surface area contributed by atoms with Crippen LogP contribution in [0.1, 0.15) is 37.9 Å². The van der Waals surface area contributed by atoms with E-state index in [4.69, 9.17) is 4.74 Å². The molecule has 2 aromatic rings. The summed E-state index contributed by atoms with van der Waals surface area (Å²) in [6.45, 7) is 6.25. The average Bonchev–Trinajstić information content (AvgIpc) is 2.48. The number of rotatable bonds is 5. The Kier molecular flexibility index (Phi) is 5.34. The summed E-state index contributed by atoms with van der Waals surface area (Å²) < 4.78 is 5.54. The molecular formula is C19H23NO2. The van der Waals surface area contributed by atoms with Gasteiger partial charge in [-0.25, -0.2) is 4.79 Å². The molecule has 1 N–H and O–H groups in total. The summed E-state index contributed by atoms with van der Waals surface area (Å²) in [4.78, 5) is 12.5. The number of ether oxygens (including phenoxy) is 1. The van der Waals surface area contributed by atoms with Gasteiger partial charge in [-0.3, -0.25) is 5.32 Å². The van der Waals surface area contributed by atoms with Crippen LogP contribution in [-0.4, -0.2) is 11.6 Å². The molecule has 0 aromatic heterocycles. The minimum Gasteiger partial charge on any atom is -0.459 e. The molecule has 3 heteroatoms. The van der Waals surface area contributed by atoms with Gasteiger partial charge in [0.15, 0.2) is 0 Å². The van der Waals surface area contributed by atoms with E-state index in [0.717, 1.165) is 11.1 Å². The third kappa shape index (κ3) is 5.01. The molecule has 0 saturated heterocycles. The maximum atomic E-state index is 12.5. The lowest BCUT2D eigenvalue weighted by atomic mass is 10.1. The molecular weight excluding hydrogens is 274 g/mol. The summed E-state index contributed by atoms with van der Waals surface area (Å²) in [5.41, 5.74) is 1.54. The van der Waals surface area contributed by atoms with Crippen molar-refractivity contribution in [2.24, 2.45) is 0 Å². The van der Waals surface area contributed by atoms with E-state index in [1.165, 1.54) is 0 Å².